The molecule has 2 fully saturated rings. The molecule has 17 heavy (non-hydrogen) atoms. The Labute approximate surface area is 105 Å². The number of esters is 1. The number of amides is 1. The number of rotatable bonds is 2. The van der Waals surface area contributed by atoms with E-state index in [0.29, 0.717) is 6.54 Å². The van der Waals surface area contributed by atoms with E-state index >= 15 is 0 Å². The zero-order chi connectivity index (χ0) is 12.8. The number of ether oxygens (including phenoxy) is 2. The van der Waals surface area contributed by atoms with Crippen molar-refractivity contribution in [3.8, 4) is 0 Å². The quantitative estimate of drug-likeness (QED) is 0.560. The predicted octanol–water partition coefficient (Wildman–Crippen LogP) is 1.59. The van der Waals surface area contributed by atoms with Crippen LogP contribution in [0.4, 0.5) is 4.79 Å². The van der Waals surface area contributed by atoms with Crippen LogP contribution in [-0.4, -0.2) is 41.2 Å². The van der Waals surface area contributed by atoms with Gasteiger partial charge in [-0.05, 0) is 20.8 Å². The fourth-order valence-corrected chi connectivity index (χ4v) is 2.30. The van der Waals surface area contributed by atoms with E-state index in [0.717, 1.165) is 0 Å². The molecule has 1 aliphatic carbocycles. The predicted molar refractivity (Wildman–Crippen MR) is 60.5 cm³/mol. The van der Waals surface area contributed by atoms with Crippen molar-refractivity contribution in [3.63, 3.8) is 0 Å². The Morgan fingerprint density at radius 2 is 2.06 bits per heavy atom. The molecule has 0 radical (unpaired) electrons. The Morgan fingerprint density at radius 1 is 1.41 bits per heavy atom. The van der Waals surface area contributed by atoms with Gasteiger partial charge in [0.25, 0.3) is 0 Å². The summed E-state index contributed by atoms with van der Waals surface area (Å²) in [6.45, 7) is 6.01. The fraction of sp³-hybridized carbons (Fsp3) is 0.818. The molecule has 0 aromatic carbocycles. The van der Waals surface area contributed by atoms with Crippen LogP contribution in [0.1, 0.15) is 20.8 Å². The third kappa shape index (κ3) is 2.34. The van der Waals surface area contributed by atoms with Crippen LogP contribution in [0.15, 0.2) is 0 Å². The number of carbonyl (C=O) groups excluding carboxylic acids is 2. The molecule has 1 aliphatic heterocycles. The first-order chi connectivity index (χ1) is 7.85. The van der Waals surface area contributed by atoms with Crippen molar-refractivity contribution >= 4 is 23.7 Å². The number of alkyl halides is 1. The van der Waals surface area contributed by atoms with Gasteiger partial charge in [0.15, 0.2) is 6.07 Å². The summed E-state index contributed by atoms with van der Waals surface area (Å²) in [5, 5.41) is 0. The number of halogens is 1. The molecule has 5 nitrogen and oxygen atoms in total. The van der Waals surface area contributed by atoms with E-state index < -0.39 is 5.60 Å². The highest BCUT2D eigenvalue weighted by atomic mass is 35.5. The highest BCUT2D eigenvalue weighted by Gasteiger charge is 2.68. The molecular weight excluding hydrogens is 246 g/mol. The van der Waals surface area contributed by atoms with Crippen LogP contribution < -0.4 is 0 Å². The average molecular weight is 262 g/mol. The van der Waals surface area contributed by atoms with Gasteiger partial charge in [-0.1, -0.05) is 11.6 Å². The van der Waals surface area contributed by atoms with E-state index in [9.17, 15) is 9.59 Å². The van der Waals surface area contributed by atoms with Crippen molar-refractivity contribution in [2.24, 2.45) is 11.8 Å². The summed E-state index contributed by atoms with van der Waals surface area (Å²) in [6.07, 6.45) is -0.361. The third-order valence-electron chi connectivity index (χ3n) is 2.99. The fourth-order valence-electron chi connectivity index (χ4n) is 2.19. The molecule has 1 amide bonds. The maximum atomic E-state index is 11.7. The van der Waals surface area contributed by atoms with Crippen LogP contribution in [-0.2, 0) is 14.3 Å². The molecule has 96 valence electrons. The van der Waals surface area contributed by atoms with E-state index in [4.69, 9.17) is 21.1 Å². The molecule has 2 aliphatic rings. The summed E-state index contributed by atoms with van der Waals surface area (Å²) >= 11 is 5.32. The summed E-state index contributed by atoms with van der Waals surface area (Å²) in [4.78, 5) is 24.7. The Hall–Kier alpha value is -0.970. The Bertz CT molecular complexity index is 352. The molecule has 6 heteroatoms. The van der Waals surface area contributed by atoms with E-state index in [1.165, 1.54) is 0 Å². The van der Waals surface area contributed by atoms with Gasteiger partial charge in [0.1, 0.15) is 5.60 Å². The van der Waals surface area contributed by atoms with Crippen molar-refractivity contribution in [3.05, 3.63) is 0 Å². The normalized spacial score (nSPS) is 30.1. The van der Waals surface area contributed by atoms with Gasteiger partial charge in [0.2, 0.25) is 0 Å². The molecule has 2 rings (SSSR count). The van der Waals surface area contributed by atoms with Crippen LogP contribution in [0.25, 0.3) is 0 Å². The molecule has 0 N–H and O–H groups in total. The molecule has 3 atom stereocenters. The third-order valence-corrected chi connectivity index (χ3v) is 3.10. The summed E-state index contributed by atoms with van der Waals surface area (Å²) < 4.78 is 9.96. The molecular formula is C11H16ClNO4. The van der Waals surface area contributed by atoms with Crippen LogP contribution in [0.5, 0.6) is 0 Å². The second kappa shape index (κ2) is 4.05. The second-order valence-electron chi connectivity index (χ2n) is 5.39. The van der Waals surface area contributed by atoms with Gasteiger partial charge < -0.3 is 14.4 Å². The maximum Gasteiger partial charge on any atom is 0.410 e. The number of carbonyl (C=O) groups is 2. The summed E-state index contributed by atoms with van der Waals surface area (Å²) in [5.41, 5.74) is -0.511. The minimum Gasteiger partial charge on any atom is -0.449 e. The minimum atomic E-state index is -0.511. The summed E-state index contributed by atoms with van der Waals surface area (Å²) in [7, 11) is 0. The number of nitrogens with zero attached hydrogens (tertiary/aromatic N) is 1. The first-order valence-corrected chi connectivity index (χ1v) is 6.11. The first kappa shape index (κ1) is 12.5. The van der Waals surface area contributed by atoms with E-state index in [2.05, 4.69) is 0 Å². The molecule has 1 saturated carbocycles. The number of fused-ring (bicyclic) bond motifs is 1. The zero-order valence-corrected chi connectivity index (χ0v) is 10.9. The molecule has 1 heterocycles. The van der Waals surface area contributed by atoms with Crippen molar-refractivity contribution < 1.29 is 19.1 Å². The zero-order valence-electron chi connectivity index (χ0n) is 10.1. The molecule has 0 bridgehead atoms. The number of hydrogen-bond donors (Lipinski definition) is 0. The van der Waals surface area contributed by atoms with Crippen molar-refractivity contribution in [1.82, 2.24) is 4.90 Å². The summed E-state index contributed by atoms with van der Waals surface area (Å²) in [5.74, 6) is -0.291. The van der Waals surface area contributed by atoms with Crippen LogP contribution in [0.3, 0.4) is 0 Å². The van der Waals surface area contributed by atoms with Gasteiger partial charge >= 0.3 is 12.1 Å². The summed E-state index contributed by atoms with van der Waals surface area (Å²) in [6, 6.07) is -0.179. The molecule has 1 saturated heterocycles. The lowest BCUT2D eigenvalue weighted by Crippen LogP contribution is -2.46. The van der Waals surface area contributed by atoms with Gasteiger partial charge in [0.05, 0.1) is 12.0 Å². The average Bonchev–Trinajstić information content (AvgIpc) is 2.67. The highest BCUT2D eigenvalue weighted by Crippen LogP contribution is 2.53. The lowest BCUT2D eigenvalue weighted by atomic mass is 10.2. The Balaban J connectivity index is 1.85. The van der Waals surface area contributed by atoms with Crippen LogP contribution in [0, 0.1) is 11.8 Å². The maximum absolute atomic E-state index is 11.7. The molecule has 3 unspecified atom stereocenters. The first-order valence-electron chi connectivity index (χ1n) is 5.57. The van der Waals surface area contributed by atoms with E-state index in [1.807, 2.05) is 20.8 Å². The second-order valence-corrected chi connectivity index (χ2v) is 5.60. The topological polar surface area (TPSA) is 55.8 Å². The van der Waals surface area contributed by atoms with E-state index in [-0.39, 0.29) is 36.0 Å². The molecule has 0 aromatic heterocycles. The van der Waals surface area contributed by atoms with Gasteiger partial charge in [-0.2, -0.15) is 0 Å². The lowest BCUT2D eigenvalue weighted by Gasteiger charge is -2.32. The van der Waals surface area contributed by atoms with E-state index in [1.54, 1.807) is 4.90 Å². The smallest absolute Gasteiger partial charge is 0.410 e. The standard InChI is InChI=1S/C11H16ClNO4/c1-11(2,3)17-10(15)13-4-6-7(8(6)13)9(14)16-5-12/h6-8H,4-5H2,1-3H3. The van der Waals surface area contributed by atoms with Crippen molar-refractivity contribution in [1.29, 1.82) is 0 Å². The van der Waals surface area contributed by atoms with Crippen LogP contribution >= 0.6 is 11.6 Å². The lowest BCUT2D eigenvalue weighted by molar-refractivity contribution is -0.143. The van der Waals surface area contributed by atoms with Crippen molar-refractivity contribution in [2.45, 2.75) is 32.4 Å². The van der Waals surface area contributed by atoms with Crippen molar-refractivity contribution in [2.75, 3.05) is 12.6 Å². The van der Waals surface area contributed by atoms with Gasteiger partial charge in [-0.15, -0.1) is 0 Å². The minimum absolute atomic E-state index is 0.0411. The molecule has 0 aromatic rings. The SMILES string of the molecule is CC(C)(C)OC(=O)N1CC2C(C(=O)OCCl)C21. The monoisotopic (exact) mass is 261 g/mol. The van der Waals surface area contributed by atoms with Gasteiger partial charge in [-0.25, -0.2) is 4.79 Å². The van der Waals surface area contributed by atoms with Gasteiger partial charge in [0, 0.05) is 12.5 Å². The number of likely N-dealkylation sites (tertiary alicyclic amines) is 1. The Kier molecular flexibility index (Phi) is 2.97. The largest absolute Gasteiger partial charge is 0.449 e. The highest BCUT2D eigenvalue weighted by molar-refractivity contribution is 6.17. The molecule has 0 spiro atoms. The number of hydrogen-bond acceptors (Lipinski definition) is 4. The Morgan fingerprint density at radius 3 is 2.59 bits per heavy atom. The van der Waals surface area contributed by atoms with Crippen LogP contribution in [0.2, 0.25) is 0 Å². The van der Waals surface area contributed by atoms with Gasteiger partial charge in [-0.3, -0.25) is 4.79 Å².